The summed E-state index contributed by atoms with van der Waals surface area (Å²) in [5, 5.41) is 0. The van der Waals surface area contributed by atoms with Crippen molar-refractivity contribution in [2.24, 2.45) is 0 Å². The first-order chi connectivity index (χ1) is 11.2. The lowest BCUT2D eigenvalue weighted by atomic mass is 10.1. The molecule has 0 saturated carbocycles. The van der Waals surface area contributed by atoms with Crippen LogP contribution in [0.15, 0.2) is 30.3 Å². The lowest BCUT2D eigenvalue weighted by Gasteiger charge is -2.06. The molecular formula is C20H23IO2. The van der Waals surface area contributed by atoms with Crippen molar-refractivity contribution in [3.05, 3.63) is 56.2 Å². The number of methoxy groups -OCH3 is 2. The van der Waals surface area contributed by atoms with Gasteiger partial charge in [-0.05, 0) is 108 Å². The van der Waals surface area contributed by atoms with Crippen LogP contribution in [0.2, 0.25) is 0 Å². The Hall–Kier alpha value is -1.23. The van der Waals surface area contributed by atoms with Crippen molar-refractivity contribution >= 4 is 22.6 Å². The average molecular weight is 422 g/mol. The summed E-state index contributed by atoms with van der Waals surface area (Å²) in [6, 6.07) is 10.8. The molecule has 0 fully saturated rings. The highest BCUT2D eigenvalue weighted by atomic mass is 127. The van der Waals surface area contributed by atoms with E-state index in [2.05, 4.69) is 46.9 Å². The first-order valence-corrected chi connectivity index (χ1v) is 9.30. The Morgan fingerprint density at radius 3 is 2.00 bits per heavy atom. The molecule has 0 spiro atoms. The quantitative estimate of drug-likeness (QED) is 0.637. The van der Waals surface area contributed by atoms with E-state index in [-0.39, 0.29) is 0 Å². The van der Waals surface area contributed by atoms with Gasteiger partial charge in [0, 0.05) is 0 Å². The van der Waals surface area contributed by atoms with E-state index in [0.29, 0.717) is 0 Å². The molecule has 0 atom stereocenters. The minimum atomic E-state index is 0.991. The molecular weight excluding hydrogens is 399 g/mol. The molecule has 0 radical (unpaired) electrons. The van der Waals surface area contributed by atoms with Crippen molar-refractivity contribution in [3.8, 4) is 11.5 Å². The van der Waals surface area contributed by atoms with E-state index >= 15 is 0 Å². The molecule has 0 heterocycles. The normalized spacial score (nSPS) is 14.6. The fourth-order valence-corrected chi connectivity index (χ4v) is 4.15. The maximum absolute atomic E-state index is 5.26. The second-order valence-corrected chi connectivity index (χ2v) is 7.26. The number of hydrogen-bond acceptors (Lipinski definition) is 2. The van der Waals surface area contributed by atoms with Crippen LogP contribution in [0.3, 0.4) is 0 Å². The molecule has 0 N–H and O–H groups in total. The van der Waals surface area contributed by atoms with Gasteiger partial charge in [-0.25, -0.2) is 0 Å². The van der Waals surface area contributed by atoms with E-state index in [9.17, 15) is 0 Å². The van der Waals surface area contributed by atoms with Gasteiger partial charge in [-0.2, -0.15) is 0 Å². The summed E-state index contributed by atoms with van der Waals surface area (Å²) in [7, 11) is 3.45. The van der Waals surface area contributed by atoms with Gasteiger partial charge in [0.25, 0.3) is 0 Å². The zero-order valence-corrected chi connectivity index (χ0v) is 16.0. The second kappa shape index (κ2) is 7.56. The molecule has 2 aliphatic rings. The van der Waals surface area contributed by atoms with Gasteiger partial charge in [-0.1, -0.05) is 6.07 Å². The zero-order valence-electron chi connectivity index (χ0n) is 13.8. The van der Waals surface area contributed by atoms with Crippen molar-refractivity contribution in [3.63, 3.8) is 0 Å². The zero-order chi connectivity index (χ0) is 16.2. The van der Waals surface area contributed by atoms with Crippen LogP contribution < -0.4 is 9.47 Å². The van der Waals surface area contributed by atoms with Crippen LogP contribution in [0.1, 0.15) is 35.1 Å². The van der Waals surface area contributed by atoms with Crippen molar-refractivity contribution in [2.45, 2.75) is 38.5 Å². The molecule has 3 heteroatoms. The topological polar surface area (TPSA) is 18.5 Å². The van der Waals surface area contributed by atoms with E-state index < -0.39 is 0 Å². The van der Waals surface area contributed by atoms with Gasteiger partial charge in [0.05, 0.1) is 17.8 Å². The second-order valence-electron chi connectivity index (χ2n) is 6.10. The highest BCUT2D eigenvalue weighted by Gasteiger charge is 2.13. The number of aryl methyl sites for hydroxylation is 4. The molecule has 2 nitrogen and oxygen atoms in total. The van der Waals surface area contributed by atoms with Crippen LogP contribution in [0.4, 0.5) is 0 Å². The van der Waals surface area contributed by atoms with Gasteiger partial charge < -0.3 is 9.47 Å². The summed E-state index contributed by atoms with van der Waals surface area (Å²) in [4.78, 5) is 0. The van der Waals surface area contributed by atoms with Crippen molar-refractivity contribution in [1.29, 1.82) is 0 Å². The van der Waals surface area contributed by atoms with Crippen LogP contribution in [0, 0.1) is 3.57 Å². The summed E-state index contributed by atoms with van der Waals surface area (Å²) in [5.74, 6) is 2.02. The molecule has 2 aliphatic carbocycles. The van der Waals surface area contributed by atoms with E-state index in [4.69, 9.17) is 9.47 Å². The lowest BCUT2D eigenvalue weighted by molar-refractivity contribution is 0.411. The highest BCUT2D eigenvalue weighted by Crippen LogP contribution is 2.30. The molecule has 0 aliphatic heterocycles. The minimum Gasteiger partial charge on any atom is -0.497 e. The van der Waals surface area contributed by atoms with Gasteiger partial charge >= 0.3 is 0 Å². The van der Waals surface area contributed by atoms with Crippen molar-refractivity contribution in [1.82, 2.24) is 0 Å². The summed E-state index contributed by atoms with van der Waals surface area (Å²) in [6.45, 7) is 0. The monoisotopic (exact) mass is 422 g/mol. The van der Waals surface area contributed by atoms with E-state index in [1.54, 1.807) is 14.2 Å². The molecule has 0 amide bonds. The smallest absolute Gasteiger partial charge is 0.132 e. The third kappa shape index (κ3) is 3.82. The third-order valence-corrected chi connectivity index (χ3v) is 5.51. The van der Waals surface area contributed by atoms with Crippen LogP contribution in [-0.2, 0) is 25.7 Å². The predicted octanol–water partition coefficient (Wildman–Crippen LogP) is 4.97. The molecule has 2 aromatic rings. The van der Waals surface area contributed by atoms with E-state index in [1.807, 2.05) is 6.07 Å². The minimum absolute atomic E-state index is 0.991. The number of fused-ring (bicyclic) bond motifs is 2. The molecule has 122 valence electrons. The first kappa shape index (κ1) is 16.6. The summed E-state index contributed by atoms with van der Waals surface area (Å²) in [5.41, 5.74) is 5.97. The number of ether oxygens (including phenoxy) is 2. The Bertz CT molecular complexity index is 694. The molecule has 23 heavy (non-hydrogen) atoms. The van der Waals surface area contributed by atoms with Gasteiger partial charge in [0.2, 0.25) is 0 Å². The summed E-state index contributed by atoms with van der Waals surface area (Å²) < 4.78 is 11.6. The van der Waals surface area contributed by atoms with Crippen LogP contribution in [0.5, 0.6) is 11.5 Å². The maximum Gasteiger partial charge on any atom is 0.132 e. The Kier molecular flexibility index (Phi) is 5.46. The van der Waals surface area contributed by atoms with Gasteiger partial charge in [-0.3, -0.25) is 0 Å². The largest absolute Gasteiger partial charge is 0.497 e. The highest BCUT2D eigenvalue weighted by molar-refractivity contribution is 14.1. The van der Waals surface area contributed by atoms with Crippen LogP contribution >= 0.6 is 22.6 Å². The van der Waals surface area contributed by atoms with Crippen LogP contribution in [-0.4, -0.2) is 14.2 Å². The van der Waals surface area contributed by atoms with Gasteiger partial charge in [0.15, 0.2) is 0 Å². The fourth-order valence-electron chi connectivity index (χ4n) is 3.40. The first-order valence-electron chi connectivity index (χ1n) is 8.22. The standard InChI is InChI=1S/C10H11IO.C10H12O/c1-12-10-6-8-4-2-3-7(8)5-9(10)11;1-11-10-6-5-8-3-2-4-9(8)7-10/h5-6H,2-4H2,1H3;5-7H,2-4H2,1H3. The molecule has 0 bridgehead atoms. The lowest BCUT2D eigenvalue weighted by Crippen LogP contribution is -1.90. The number of rotatable bonds is 2. The maximum atomic E-state index is 5.26. The number of benzene rings is 2. The fraction of sp³-hybridized carbons (Fsp3) is 0.400. The van der Waals surface area contributed by atoms with Gasteiger partial charge in [-0.15, -0.1) is 0 Å². The Labute approximate surface area is 152 Å². The number of halogens is 1. The summed E-state index contributed by atoms with van der Waals surface area (Å²) >= 11 is 2.33. The van der Waals surface area contributed by atoms with Gasteiger partial charge in [0.1, 0.15) is 11.5 Å². The third-order valence-electron chi connectivity index (χ3n) is 4.67. The Morgan fingerprint density at radius 2 is 1.35 bits per heavy atom. The number of hydrogen-bond donors (Lipinski definition) is 0. The Balaban J connectivity index is 0.000000136. The molecule has 2 aromatic carbocycles. The van der Waals surface area contributed by atoms with Crippen molar-refractivity contribution < 1.29 is 9.47 Å². The summed E-state index contributed by atoms with van der Waals surface area (Å²) in [6.07, 6.45) is 7.56. The molecule has 4 rings (SSSR count). The van der Waals surface area contributed by atoms with Crippen molar-refractivity contribution in [2.75, 3.05) is 14.2 Å². The predicted molar refractivity (Wildman–Crippen MR) is 103 cm³/mol. The molecule has 0 unspecified atom stereocenters. The van der Waals surface area contributed by atoms with E-state index in [0.717, 1.165) is 11.5 Å². The molecule has 0 saturated heterocycles. The average Bonchev–Trinajstić information content (AvgIpc) is 3.22. The SMILES string of the molecule is COc1cc2c(cc1I)CCC2.COc1ccc2c(c1)CCC2. The Morgan fingerprint density at radius 1 is 0.739 bits per heavy atom. The van der Waals surface area contributed by atoms with E-state index in [1.165, 1.54) is 64.3 Å². The molecule has 0 aromatic heterocycles. The van der Waals surface area contributed by atoms with Crippen LogP contribution in [0.25, 0.3) is 0 Å².